The van der Waals surface area contributed by atoms with E-state index in [2.05, 4.69) is 51.8 Å². The van der Waals surface area contributed by atoms with Gasteiger partial charge in [0.05, 0.1) is 58.1 Å². The van der Waals surface area contributed by atoms with Crippen LogP contribution in [-0.2, 0) is 61.2 Å². The van der Waals surface area contributed by atoms with Gasteiger partial charge in [-0.05, 0) is 19.8 Å². The monoisotopic (exact) mass is 769 g/mol. The Labute approximate surface area is 314 Å². The van der Waals surface area contributed by atoms with Crippen LogP contribution in [0.2, 0.25) is 0 Å². The molecule has 0 bridgehead atoms. The van der Waals surface area contributed by atoms with E-state index in [1.807, 2.05) is 29.4 Å². The fourth-order valence-corrected chi connectivity index (χ4v) is 7.53. The van der Waals surface area contributed by atoms with E-state index >= 15 is 0 Å². The van der Waals surface area contributed by atoms with E-state index in [4.69, 9.17) is 18.9 Å². The summed E-state index contributed by atoms with van der Waals surface area (Å²) >= 11 is 1.90. The molecule has 3 aliphatic heterocycles. The van der Waals surface area contributed by atoms with Gasteiger partial charge < -0.3 is 50.1 Å². The average molecular weight is 770 g/mol. The summed E-state index contributed by atoms with van der Waals surface area (Å²) in [6.45, 7) is 9.71. The third-order valence-electron chi connectivity index (χ3n) is 8.43. The molecule has 1 radical (unpaired) electrons. The quantitative estimate of drug-likeness (QED) is 0.0634. The summed E-state index contributed by atoms with van der Waals surface area (Å²) in [6.07, 6.45) is 10.6. The minimum Gasteiger partial charge on any atom is -0.389 e. The van der Waals surface area contributed by atoms with Gasteiger partial charge in [-0.25, -0.2) is 9.78 Å². The summed E-state index contributed by atoms with van der Waals surface area (Å²) in [5, 5.41) is 15.4. The molecule has 3 fully saturated rings. The maximum Gasteiger partial charge on any atom is 0.315 e. The molecular weight excluding hydrogens is 715 g/mol. The largest absolute Gasteiger partial charge is 0.389 e. The molecular formula is C32H54N7O7SY-. The zero-order valence-electron chi connectivity index (χ0n) is 28.6. The van der Waals surface area contributed by atoms with E-state index < -0.39 is 0 Å². The Morgan fingerprint density at radius 1 is 1.08 bits per heavy atom. The van der Waals surface area contributed by atoms with E-state index in [0.29, 0.717) is 76.7 Å². The summed E-state index contributed by atoms with van der Waals surface area (Å²) in [5.41, 5.74) is 0. The standard InChI is InChI=1S/C32H54N7O7S.Y/c1-4-24-17-22(2)31(46-24)39-19-27(35-21-39)36-23(3)18-29(41)34-10-12-44-14-16-45-15-13-43-11-9-33-28(40)8-6-5-7-26-30-25(20-47-26)37-32(42)38-30;/h17,19,21-26,30-31,36H,4-16,18,20H2,1-3H3,(H,33,40)(H,34,41)(H2,37,38,42);/q-1;/t22-,23?,24+,25?,26?,30?,31+;/m0./s1. The number of aromatic nitrogens is 2. The molecule has 269 valence electrons. The van der Waals surface area contributed by atoms with E-state index in [-0.39, 0.29) is 81.0 Å². The van der Waals surface area contributed by atoms with E-state index in [9.17, 15) is 14.4 Å². The minimum absolute atomic E-state index is 0. The molecule has 0 aliphatic carbocycles. The number of thioether (sulfide) groups is 1. The van der Waals surface area contributed by atoms with Crippen molar-refractivity contribution in [3.05, 3.63) is 18.9 Å². The van der Waals surface area contributed by atoms with Crippen LogP contribution in [0.5, 0.6) is 0 Å². The minimum atomic E-state index is -0.0786. The number of unbranched alkanes of at least 4 members (excludes halogenated alkanes) is 1. The van der Waals surface area contributed by atoms with Crippen molar-refractivity contribution in [1.29, 1.82) is 0 Å². The fourth-order valence-electron chi connectivity index (χ4n) is 5.99. The summed E-state index contributed by atoms with van der Waals surface area (Å²) in [6, 6.07) is 0.321. The van der Waals surface area contributed by atoms with E-state index in [1.165, 1.54) is 0 Å². The van der Waals surface area contributed by atoms with Crippen molar-refractivity contribution < 1.29 is 66.0 Å². The molecule has 5 N–H and O–H groups in total. The number of urea groups is 1. The molecule has 0 spiro atoms. The van der Waals surface area contributed by atoms with Gasteiger partial charge in [-0.15, -0.1) is 5.92 Å². The smallest absolute Gasteiger partial charge is 0.315 e. The molecule has 3 saturated heterocycles. The van der Waals surface area contributed by atoms with Gasteiger partial charge in [0.25, 0.3) is 0 Å². The number of nitrogens with zero attached hydrogens (tertiary/aromatic N) is 2. The van der Waals surface area contributed by atoms with Gasteiger partial charge in [0.15, 0.2) is 0 Å². The van der Waals surface area contributed by atoms with Crippen molar-refractivity contribution in [3.63, 3.8) is 0 Å². The molecule has 4 unspecified atom stereocenters. The predicted octanol–water partition coefficient (Wildman–Crippen LogP) is 2.23. The molecule has 0 saturated carbocycles. The first kappa shape index (κ1) is 40.9. The van der Waals surface area contributed by atoms with Crippen LogP contribution in [-0.4, -0.2) is 115 Å². The second-order valence-corrected chi connectivity index (χ2v) is 13.7. The van der Waals surface area contributed by atoms with Gasteiger partial charge in [-0.2, -0.15) is 11.8 Å². The number of fused-ring (bicyclic) bond motifs is 1. The molecule has 14 nitrogen and oxygen atoms in total. The van der Waals surface area contributed by atoms with Crippen molar-refractivity contribution in [2.45, 2.75) is 95.0 Å². The van der Waals surface area contributed by atoms with Crippen LogP contribution in [0.25, 0.3) is 0 Å². The van der Waals surface area contributed by atoms with Crippen LogP contribution in [0.3, 0.4) is 0 Å². The number of carbonyl (C=O) groups excluding carboxylic acids is 3. The summed E-state index contributed by atoms with van der Waals surface area (Å²) in [5.74, 6) is 1.97. The number of rotatable bonds is 23. The van der Waals surface area contributed by atoms with Crippen molar-refractivity contribution in [2.75, 3.05) is 63.8 Å². The Kier molecular flexibility index (Phi) is 19.1. The second-order valence-electron chi connectivity index (χ2n) is 12.4. The van der Waals surface area contributed by atoms with Crippen LogP contribution in [0, 0.1) is 12.3 Å². The second kappa shape index (κ2) is 22.4. The van der Waals surface area contributed by atoms with E-state index in [1.54, 1.807) is 6.33 Å². The molecule has 4 amide bonds. The number of imidazole rings is 1. The molecule has 4 rings (SSSR count). The molecule has 3 aliphatic rings. The van der Waals surface area contributed by atoms with Crippen molar-refractivity contribution in [2.24, 2.45) is 5.92 Å². The number of carbonyl (C=O) groups is 3. The first-order valence-corrected chi connectivity index (χ1v) is 18.1. The third-order valence-corrected chi connectivity index (χ3v) is 9.94. The zero-order chi connectivity index (χ0) is 33.4. The van der Waals surface area contributed by atoms with E-state index in [0.717, 1.165) is 37.3 Å². The third kappa shape index (κ3) is 14.0. The molecule has 4 heterocycles. The van der Waals surface area contributed by atoms with Crippen molar-refractivity contribution in [3.8, 4) is 0 Å². The Balaban J connectivity index is 0.00000625. The Hall–Kier alpha value is -1.49. The molecule has 7 atom stereocenters. The molecule has 0 aromatic carbocycles. The van der Waals surface area contributed by atoms with Gasteiger partial charge >= 0.3 is 6.03 Å². The maximum atomic E-state index is 12.3. The predicted molar refractivity (Wildman–Crippen MR) is 180 cm³/mol. The van der Waals surface area contributed by atoms with Gasteiger partial charge in [0, 0.05) is 81.9 Å². The number of ether oxygens (including phenoxy) is 4. The van der Waals surface area contributed by atoms with Gasteiger partial charge in [0.1, 0.15) is 12.0 Å². The topological polar surface area (TPSA) is 166 Å². The molecule has 1 aromatic heterocycles. The van der Waals surface area contributed by atoms with Crippen LogP contribution < -0.4 is 26.6 Å². The van der Waals surface area contributed by atoms with Crippen molar-refractivity contribution in [1.82, 2.24) is 30.8 Å². The Morgan fingerprint density at radius 2 is 1.77 bits per heavy atom. The SMILES string of the molecule is CC[C@@H]1[CH-][C@H](C)[C@H](n2cnc(NC(C)CC(=O)NCCOCCOCCOCCNC(=O)CCCCC3SCC4NC(=O)NC43)c2)O1.[Y]. The number of nitrogens with one attached hydrogen (secondary N) is 5. The fraction of sp³-hybridized carbons (Fsp3) is 0.781. The van der Waals surface area contributed by atoms with Crippen LogP contribution >= 0.6 is 11.8 Å². The number of anilines is 1. The molecule has 48 heavy (non-hydrogen) atoms. The van der Waals surface area contributed by atoms with Gasteiger partial charge in [-0.3, -0.25) is 16.0 Å². The first-order valence-electron chi connectivity index (χ1n) is 17.1. The first-order chi connectivity index (χ1) is 22.8. The summed E-state index contributed by atoms with van der Waals surface area (Å²) < 4.78 is 24.6. The van der Waals surface area contributed by atoms with Gasteiger partial charge in [0.2, 0.25) is 11.8 Å². The Bertz CT molecular complexity index is 1120. The maximum absolute atomic E-state index is 12.3. The number of amides is 4. The van der Waals surface area contributed by atoms with Crippen LogP contribution in [0.15, 0.2) is 12.5 Å². The average Bonchev–Trinajstić information content (AvgIpc) is 3.82. The van der Waals surface area contributed by atoms with Crippen molar-refractivity contribution >= 4 is 35.4 Å². The van der Waals surface area contributed by atoms with Gasteiger partial charge in [-0.1, -0.05) is 32.8 Å². The molecule has 1 aromatic rings. The number of hydrogen-bond donors (Lipinski definition) is 5. The van der Waals surface area contributed by atoms with Crippen LogP contribution in [0.1, 0.15) is 65.5 Å². The molecule has 16 heteroatoms. The Morgan fingerprint density at radius 3 is 2.46 bits per heavy atom. The number of hydrogen-bond acceptors (Lipinski definition) is 10. The summed E-state index contributed by atoms with van der Waals surface area (Å²) in [7, 11) is 0. The summed E-state index contributed by atoms with van der Waals surface area (Å²) in [4.78, 5) is 40.2. The zero-order valence-corrected chi connectivity index (χ0v) is 32.3. The van der Waals surface area contributed by atoms with Crippen LogP contribution in [0.4, 0.5) is 10.6 Å². The normalized spacial score (nSPS) is 25.1.